The average molecular weight is 264 g/mol. The molecule has 0 saturated heterocycles. The lowest BCUT2D eigenvalue weighted by Crippen LogP contribution is -2.12. The van der Waals surface area contributed by atoms with E-state index < -0.39 is 0 Å². The van der Waals surface area contributed by atoms with E-state index in [4.69, 9.17) is 11.6 Å². The molecule has 5 heteroatoms. The molecule has 0 unspecified atom stereocenters. The smallest absolute Gasteiger partial charge is 0.273 e. The van der Waals surface area contributed by atoms with E-state index >= 15 is 0 Å². The predicted molar refractivity (Wildman–Crippen MR) is 72.0 cm³/mol. The SMILES string of the molecule is O=C(Nc1cccc(CCCCl)c1)c1ccn[nH]1. The van der Waals surface area contributed by atoms with Crippen LogP contribution in [-0.2, 0) is 6.42 Å². The van der Waals surface area contributed by atoms with Gasteiger partial charge in [-0.2, -0.15) is 5.10 Å². The molecule has 1 aromatic carbocycles. The first-order valence-corrected chi connectivity index (χ1v) is 6.28. The van der Waals surface area contributed by atoms with Crippen LogP contribution < -0.4 is 5.32 Å². The van der Waals surface area contributed by atoms with Gasteiger partial charge in [0.1, 0.15) is 5.69 Å². The fraction of sp³-hybridized carbons (Fsp3) is 0.231. The van der Waals surface area contributed by atoms with Gasteiger partial charge in [0.25, 0.3) is 5.91 Å². The van der Waals surface area contributed by atoms with Gasteiger partial charge in [-0.3, -0.25) is 9.89 Å². The second-order valence-electron chi connectivity index (χ2n) is 3.92. The summed E-state index contributed by atoms with van der Waals surface area (Å²) in [6.45, 7) is 0. The Morgan fingerprint density at radius 3 is 3.00 bits per heavy atom. The molecule has 0 bridgehead atoms. The summed E-state index contributed by atoms with van der Waals surface area (Å²) in [6.07, 6.45) is 3.39. The van der Waals surface area contributed by atoms with Crippen molar-refractivity contribution < 1.29 is 4.79 Å². The number of amides is 1. The molecule has 0 saturated carbocycles. The number of anilines is 1. The summed E-state index contributed by atoms with van der Waals surface area (Å²) >= 11 is 5.66. The Labute approximate surface area is 110 Å². The Morgan fingerprint density at radius 2 is 2.28 bits per heavy atom. The summed E-state index contributed by atoms with van der Waals surface area (Å²) in [7, 11) is 0. The molecule has 0 radical (unpaired) electrons. The summed E-state index contributed by atoms with van der Waals surface area (Å²) in [6, 6.07) is 9.40. The van der Waals surface area contributed by atoms with Crippen molar-refractivity contribution in [1.29, 1.82) is 0 Å². The van der Waals surface area contributed by atoms with Crippen LogP contribution in [-0.4, -0.2) is 22.0 Å². The number of halogens is 1. The van der Waals surface area contributed by atoms with Crippen molar-refractivity contribution in [1.82, 2.24) is 10.2 Å². The molecule has 0 aliphatic rings. The van der Waals surface area contributed by atoms with Crippen molar-refractivity contribution in [3.63, 3.8) is 0 Å². The molecule has 0 spiro atoms. The first-order valence-electron chi connectivity index (χ1n) is 5.75. The van der Waals surface area contributed by atoms with Crippen LogP contribution in [0.15, 0.2) is 36.5 Å². The number of carbonyl (C=O) groups is 1. The zero-order valence-electron chi connectivity index (χ0n) is 9.82. The van der Waals surface area contributed by atoms with Crippen LogP contribution in [0, 0.1) is 0 Å². The van der Waals surface area contributed by atoms with Crippen LogP contribution in [0.4, 0.5) is 5.69 Å². The molecule has 1 aromatic heterocycles. The van der Waals surface area contributed by atoms with Gasteiger partial charge in [-0.05, 0) is 36.6 Å². The maximum absolute atomic E-state index is 11.8. The van der Waals surface area contributed by atoms with E-state index in [-0.39, 0.29) is 5.91 Å². The first-order chi connectivity index (χ1) is 8.79. The number of hydrogen-bond acceptors (Lipinski definition) is 2. The zero-order chi connectivity index (χ0) is 12.8. The van der Waals surface area contributed by atoms with Crippen molar-refractivity contribution in [2.75, 3.05) is 11.2 Å². The number of alkyl halides is 1. The fourth-order valence-electron chi connectivity index (χ4n) is 1.66. The summed E-state index contributed by atoms with van der Waals surface area (Å²) < 4.78 is 0. The minimum absolute atomic E-state index is 0.193. The molecule has 94 valence electrons. The van der Waals surface area contributed by atoms with E-state index in [1.165, 1.54) is 0 Å². The van der Waals surface area contributed by atoms with Gasteiger partial charge < -0.3 is 5.32 Å². The highest BCUT2D eigenvalue weighted by Gasteiger charge is 2.06. The molecule has 18 heavy (non-hydrogen) atoms. The van der Waals surface area contributed by atoms with Crippen molar-refractivity contribution in [3.05, 3.63) is 47.8 Å². The van der Waals surface area contributed by atoms with Crippen molar-refractivity contribution in [2.45, 2.75) is 12.8 Å². The Kier molecular flexibility index (Phi) is 4.36. The summed E-state index contributed by atoms with van der Waals surface area (Å²) in [5.41, 5.74) is 2.39. The predicted octanol–water partition coefficient (Wildman–Crippen LogP) is 2.83. The van der Waals surface area contributed by atoms with Gasteiger partial charge in [-0.1, -0.05) is 12.1 Å². The average Bonchev–Trinajstić information content (AvgIpc) is 2.91. The first kappa shape index (κ1) is 12.6. The Balaban J connectivity index is 2.03. The third kappa shape index (κ3) is 3.34. The third-order valence-electron chi connectivity index (χ3n) is 2.53. The van der Waals surface area contributed by atoms with E-state index in [0.29, 0.717) is 11.6 Å². The number of H-pyrrole nitrogens is 1. The number of aromatic amines is 1. The van der Waals surface area contributed by atoms with Crippen LogP contribution in [0.1, 0.15) is 22.5 Å². The molecule has 0 atom stereocenters. The summed E-state index contributed by atoms with van der Waals surface area (Å²) in [4.78, 5) is 11.8. The van der Waals surface area contributed by atoms with Crippen LogP contribution in [0.2, 0.25) is 0 Å². The van der Waals surface area contributed by atoms with E-state index in [0.717, 1.165) is 24.1 Å². The van der Waals surface area contributed by atoms with Gasteiger partial charge in [0.15, 0.2) is 0 Å². The van der Waals surface area contributed by atoms with Crippen molar-refractivity contribution in [3.8, 4) is 0 Å². The van der Waals surface area contributed by atoms with E-state index in [9.17, 15) is 4.79 Å². The Hall–Kier alpha value is -1.81. The lowest BCUT2D eigenvalue weighted by atomic mass is 10.1. The highest BCUT2D eigenvalue weighted by molar-refractivity contribution is 6.17. The van der Waals surface area contributed by atoms with Crippen LogP contribution in [0.25, 0.3) is 0 Å². The van der Waals surface area contributed by atoms with Crippen LogP contribution in [0.5, 0.6) is 0 Å². The number of rotatable bonds is 5. The quantitative estimate of drug-likeness (QED) is 0.815. The maximum atomic E-state index is 11.8. The number of benzene rings is 1. The number of nitrogens with one attached hydrogen (secondary N) is 2. The Morgan fingerprint density at radius 1 is 1.39 bits per heavy atom. The second kappa shape index (κ2) is 6.21. The lowest BCUT2D eigenvalue weighted by molar-refractivity contribution is 0.102. The minimum Gasteiger partial charge on any atom is -0.321 e. The van der Waals surface area contributed by atoms with Gasteiger partial charge in [0.05, 0.1) is 0 Å². The minimum atomic E-state index is -0.193. The molecule has 4 nitrogen and oxygen atoms in total. The number of hydrogen-bond donors (Lipinski definition) is 2. The highest BCUT2D eigenvalue weighted by atomic mass is 35.5. The monoisotopic (exact) mass is 263 g/mol. The largest absolute Gasteiger partial charge is 0.321 e. The molecule has 2 N–H and O–H groups in total. The number of aryl methyl sites for hydroxylation is 1. The fourth-order valence-corrected chi connectivity index (χ4v) is 1.79. The normalized spacial score (nSPS) is 10.3. The van der Waals surface area contributed by atoms with E-state index in [1.54, 1.807) is 12.3 Å². The molecule has 1 heterocycles. The van der Waals surface area contributed by atoms with Crippen LogP contribution in [0.3, 0.4) is 0 Å². The molecular formula is C13H14ClN3O. The highest BCUT2D eigenvalue weighted by Crippen LogP contribution is 2.13. The molecule has 0 fully saturated rings. The Bertz CT molecular complexity index is 511. The number of carbonyl (C=O) groups excluding carboxylic acids is 1. The standard InChI is InChI=1S/C13H14ClN3O/c14-7-2-4-10-3-1-5-11(9-10)16-13(18)12-6-8-15-17-12/h1,3,5-6,8-9H,2,4,7H2,(H,15,17)(H,16,18). The molecular weight excluding hydrogens is 250 g/mol. The molecule has 0 aliphatic heterocycles. The number of nitrogens with zero attached hydrogens (tertiary/aromatic N) is 1. The van der Waals surface area contributed by atoms with Crippen molar-refractivity contribution >= 4 is 23.2 Å². The molecule has 2 rings (SSSR count). The lowest BCUT2D eigenvalue weighted by Gasteiger charge is -2.06. The van der Waals surface area contributed by atoms with Gasteiger partial charge in [0, 0.05) is 17.8 Å². The third-order valence-corrected chi connectivity index (χ3v) is 2.80. The van der Waals surface area contributed by atoms with Crippen LogP contribution >= 0.6 is 11.6 Å². The molecule has 0 aliphatic carbocycles. The zero-order valence-corrected chi connectivity index (χ0v) is 10.6. The maximum Gasteiger partial charge on any atom is 0.273 e. The van der Waals surface area contributed by atoms with Gasteiger partial charge in [-0.25, -0.2) is 0 Å². The summed E-state index contributed by atoms with van der Waals surface area (Å²) in [5.74, 6) is 0.451. The topological polar surface area (TPSA) is 57.8 Å². The van der Waals surface area contributed by atoms with Gasteiger partial charge in [-0.15, -0.1) is 11.6 Å². The van der Waals surface area contributed by atoms with E-state index in [1.807, 2.05) is 24.3 Å². The molecule has 1 amide bonds. The number of aromatic nitrogens is 2. The van der Waals surface area contributed by atoms with Gasteiger partial charge in [0.2, 0.25) is 0 Å². The van der Waals surface area contributed by atoms with Crippen molar-refractivity contribution in [2.24, 2.45) is 0 Å². The molecule has 2 aromatic rings. The second-order valence-corrected chi connectivity index (χ2v) is 4.30. The van der Waals surface area contributed by atoms with Gasteiger partial charge >= 0.3 is 0 Å². The van der Waals surface area contributed by atoms with E-state index in [2.05, 4.69) is 15.5 Å². The summed E-state index contributed by atoms with van der Waals surface area (Å²) in [5, 5.41) is 9.19.